The molecule has 0 heterocycles. The molecular formula is C22H36N3O+. The standard InChI is InChI=1S/C22H35N3O/c1-15(2)20(17-9-11-18(12-10-17)21(5,6)7)24-13-19(26)25-22(8,14-23)16(3)4/h9-12,15-16,20,24H,13H2,1-8H3,(H,25,26)/p+1/t20-,22-/m0/s1. The van der Waals surface area contributed by atoms with Crippen LogP contribution in [-0.4, -0.2) is 18.0 Å². The molecule has 0 aliphatic carbocycles. The quantitative estimate of drug-likeness (QED) is 0.785. The third-order valence-corrected chi connectivity index (χ3v) is 5.22. The zero-order valence-electron chi connectivity index (χ0n) is 17.7. The van der Waals surface area contributed by atoms with E-state index in [1.54, 1.807) is 6.92 Å². The average Bonchev–Trinajstić information content (AvgIpc) is 2.54. The number of rotatable bonds is 7. The maximum atomic E-state index is 12.4. The number of nitriles is 1. The molecule has 26 heavy (non-hydrogen) atoms. The van der Waals surface area contributed by atoms with Crippen molar-refractivity contribution in [3.8, 4) is 6.07 Å². The molecule has 0 aliphatic heterocycles. The lowest BCUT2D eigenvalue weighted by molar-refractivity contribution is -0.692. The molecule has 4 heteroatoms. The summed E-state index contributed by atoms with van der Waals surface area (Å²) in [6.45, 7) is 16.9. The topological polar surface area (TPSA) is 69.5 Å². The number of amides is 1. The molecule has 0 radical (unpaired) electrons. The van der Waals surface area contributed by atoms with Gasteiger partial charge in [0.2, 0.25) is 0 Å². The first-order valence-electron chi connectivity index (χ1n) is 9.56. The van der Waals surface area contributed by atoms with Crippen molar-refractivity contribution in [1.82, 2.24) is 5.32 Å². The number of nitrogens with zero attached hydrogens (tertiary/aromatic N) is 1. The first-order valence-corrected chi connectivity index (χ1v) is 9.56. The molecule has 0 saturated heterocycles. The minimum atomic E-state index is -0.827. The average molecular weight is 359 g/mol. The Morgan fingerprint density at radius 3 is 2.04 bits per heavy atom. The zero-order chi connectivity index (χ0) is 20.1. The van der Waals surface area contributed by atoms with Crippen LogP contribution in [0.15, 0.2) is 24.3 Å². The highest BCUT2D eigenvalue weighted by atomic mass is 16.2. The highest BCUT2D eigenvalue weighted by Gasteiger charge is 2.31. The third-order valence-electron chi connectivity index (χ3n) is 5.22. The van der Waals surface area contributed by atoms with Crippen molar-refractivity contribution in [3.05, 3.63) is 35.4 Å². The summed E-state index contributed by atoms with van der Waals surface area (Å²) in [6.07, 6.45) is 0. The minimum Gasteiger partial charge on any atom is -0.333 e. The number of benzene rings is 1. The first-order chi connectivity index (χ1) is 11.9. The van der Waals surface area contributed by atoms with Gasteiger partial charge in [-0.1, -0.05) is 72.7 Å². The summed E-state index contributed by atoms with van der Waals surface area (Å²) in [6, 6.07) is 11.2. The lowest BCUT2D eigenvalue weighted by Crippen LogP contribution is -2.88. The van der Waals surface area contributed by atoms with E-state index in [2.05, 4.69) is 75.6 Å². The van der Waals surface area contributed by atoms with Gasteiger partial charge in [-0.2, -0.15) is 5.26 Å². The number of hydrogen-bond acceptors (Lipinski definition) is 2. The molecule has 0 bridgehead atoms. The number of carbonyl (C=O) groups is 1. The van der Waals surface area contributed by atoms with Gasteiger partial charge in [-0.15, -0.1) is 0 Å². The van der Waals surface area contributed by atoms with E-state index in [9.17, 15) is 10.1 Å². The number of hydrogen-bond donors (Lipinski definition) is 2. The second-order valence-electron chi connectivity index (χ2n) is 9.10. The molecule has 0 aromatic heterocycles. The van der Waals surface area contributed by atoms with Gasteiger partial charge in [-0.3, -0.25) is 4.79 Å². The van der Waals surface area contributed by atoms with E-state index >= 15 is 0 Å². The fourth-order valence-corrected chi connectivity index (χ4v) is 2.87. The van der Waals surface area contributed by atoms with E-state index in [0.29, 0.717) is 12.5 Å². The lowest BCUT2D eigenvalue weighted by Gasteiger charge is -2.27. The predicted molar refractivity (Wildman–Crippen MR) is 107 cm³/mol. The van der Waals surface area contributed by atoms with Crippen LogP contribution in [0.5, 0.6) is 0 Å². The normalized spacial score (nSPS) is 15.4. The summed E-state index contributed by atoms with van der Waals surface area (Å²) in [4.78, 5) is 12.4. The molecule has 1 aromatic carbocycles. The predicted octanol–water partition coefficient (Wildman–Crippen LogP) is 3.30. The van der Waals surface area contributed by atoms with Gasteiger partial charge in [-0.05, 0) is 23.8 Å². The van der Waals surface area contributed by atoms with E-state index in [4.69, 9.17) is 0 Å². The molecule has 144 valence electrons. The van der Waals surface area contributed by atoms with E-state index in [1.807, 2.05) is 13.8 Å². The van der Waals surface area contributed by atoms with E-state index in [-0.39, 0.29) is 23.3 Å². The second-order valence-corrected chi connectivity index (χ2v) is 9.10. The van der Waals surface area contributed by atoms with Crippen LogP contribution in [0.2, 0.25) is 0 Å². The van der Waals surface area contributed by atoms with Gasteiger partial charge in [0.1, 0.15) is 11.6 Å². The monoisotopic (exact) mass is 358 g/mol. The molecule has 4 nitrogen and oxygen atoms in total. The van der Waals surface area contributed by atoms with Crippen molar-refractivity contribution < 1.29 is 10.1 Å². The lowest BCUT2D eigenvalue weighted by atomic mass is 9.85. The molecule has 1 amide bonds. The molecule has 0 spiro atoms. The summed E-state index contributed by atoms with van der Waals surface area (Å²) in [5, 5.41) is 14.3. The van der Waals surface area contributed by atoms with E-state index in [0.717, 1.165) is 0 Å². The number of nitrogens with two attached hydrogens (primary N) is 1. The Bertz CT molecular complexity index is 635. The zero-order valence-corrected chi connectivity index (χ0v) is 17.7. The van der Waals surface area contributed by atoms with Crippen LogP contribution >= 0.6 is 0 Å². The van der Waals surface area contributed by atoms with Crippen molar-refractivity contribution in [2.24, 2.45) is 11.8 Å². The maximum Gasteiger partial charge on any atom is 0.276 e. The Labute approximate surface area is 159 Å². The third kappa shape index (κ3) is 5.85. The molecule has 1 aromatic rings. The van der Waals surface area contributed by atoms with Gasteiger partial charge in [-0.25, -0.2) is 0 Å². The molecule has 1 rings (SSSR count). The maximum absolute atomic E-state index is 12.4. The van der Waals surface area contributed by atoms with Crippen LogP contribution in [-0.2, 0) is 10.2 Å². The molecule has 3 N–H and O–H groups in total. The van der Waals surface area contributed by atoms with Crippen LogP contribution in [0.1, 0.15) is 72.6 Å². The van der Waals surface area contributed by atoms with Gasteiger partial charge in [0.25, 0.3) is 5.91 Å². The fraction of sp³-hybridized carbons (Fsp3) is 0.636. The van der Waals surface area contributed by atoms with Crippen molar-refractivity contribution in [2.45, 2.75) is 72.4 Å². The van der Waals surface area contributed by atoms with Crippen LogP contribution in [0.25, 0.3) is 0 Å². The van der Waals surface area contributed by atoms with Crippen LogP contribution < -0.4 is 10.6 Å². The van der Waals surface area contributed by atoms with Crippen molar-refractivity contribution >= 4 is 5.91 Å². The SMILES string of the molecule is CC(C)[C@H]([NH2+]CC(=O)N[C@@](C)(C#N)C(C)C)c1ccc(C(C)(C)C)cc1. The molecule has 2 atom stereocenters. The van der Waals surface area contributed by atoms with Crippen LogP contribution in [0, 0.1) is 23.2 Å². The Hall–Kier alpha value is -1.86. The summed E-state index contributed by atoms with van der Waals surface area (Å²) < 4.78 is 0. The first kappa shape index (κ1) is 22.2. The van der Waals surface area contributed by atoms with Crippen molar-refractivity contribution in [1.29, 1.82) is 5.26 Å². The highest BCUT2D eigenvalue weighted by Crippen LogP contribution is 2.25. The molecule has 0 unspecified atom stereocenters. The summed E-state index contributed by atoms with van der Waals surface area (Å²) in [5.41, 5.74) is 1.84. The Balaban J connectivity index is 2.81. The van der Waals surface area contributed by atoms with E-state index < -0.39 is 5.54 Å². The summed E-state index contributed by atoms with van der Waals surface area (Å²) >= 11 is 0. The molecule has 0 aliphatic rings. The summed E-state index contributed by atoms with van der Waals surface area (Å²) in [7, 11) is 0. The number of quaternary nitrogens is 1. The van der Waals surface area contributed by atoms with Gasteiger partial charge in [0.15, 0.2) is 6.54 Å². The Morgan fingerprint density at radius 1 is 1.12 bits per heavy atom. The molecular weight excluding hydrogens is 322 g/mol. The fourth-order valence-electron chi connectivity index (χ4n) is 2.87. The molecule has 0 saturated carbocycles. The highest BCUT2D eigenvalue weighted by molar-refractivity contribution is 5.78. The van der Waals surface area contributed by atoms with E-state index in [1.165, 1.54) is 11.1 Å². The summed E-state index contributed by atoms with van der Waals surface area (Å²) in [5.74, 6) is 0.359. The largest absolute Gasteiger partial charge is 0.333 e. The van der Waals surface area contributed by atoms with Gasteiger partial charge in [0, 0.05) is 11.5 Å². The van der Waals surface area contributed by atoms with Crippen LogP contribution in [0.3, 0.4) is 0 Å². The van der Waals surface area contributed by atoms with Crippen molar-refractivity contribution in [2.75, 3.05) is 6.54 Å². The van der Waals surface area contributed by atoms with Crippen molar-refractivity contribution in [3.63, 3.8) is 0 Å². The van der Waals surface area contributed by atoms with Crippen LogP contribution in [0.4, 0.5) is 0 Å². The minimum absolute atomic E-state index is 0.0577. The Morgan fingerprint density at radius 2 is 1.65 bits per heavy atom. The van der Waals surface area contributed by atoms with Gasteiger partial charge in [0.05, 0.1) is 6.07 Å². The Kier molecular flexibility index (Phi) is 7.41. The molecule has 0 fully saturated rings. The van der Waals surface area contributed by atoms with Gasteiger partial charge >= 0.3 is 0 Å². The van der Waals surface area contributed by atoms with Gasteiger partial charge < -0.3 is 10.6 Å². The number of carbonyl (C=O) groups excluding carboxylic acids is 1. The smallest absolute Gasteiger partial charge is 0.276 e. The second kappa shape index (κ2) is 8.68. The number of nitrogens with one attached hydrogen (secondary N) is 1.